The van der Waals surface area contributed by atoms with Gasteiger partial charge in [-0.2, -0.15) is 0 Å². The van der Waals surface area contributed by atoms with Crippen molar-refractivity contribution in [2.45, 2.75) is 32.7 Å². The summed E-state index contributed by atoms with van der Waals surface area (Å²) >= 11 is 0. The highest BCUT2D eigenvalue weighted by atomic mass is 16.1. The van der Waals surface area contributed by atoms with Gasteiger partial charge in [-0.3, -0.25) is 9.78 Å². The largest absolute Gasteiger partial charge is 0.358 e. The molecule has 2 heterocycles. The fourth-order valence-electron chi connectivity index (χ4n) is 2.00. The molecule has 1 N–H and O–H groups in total. The van der Waals surface area contributed by atoms with Crippen molar-refractivity contribution in [3.05, 3.63) is 48.2 Å². The van der Waals surface area contributed by atoms with Crippen LogP contribution in [-0.4, -0.2) is 40.5 Å². The monoisotopic (exact) mass is 313 g/mol. The van der Waals surface area contributed by atoms with Gasteiger partial charge in [0, 0.05) is 32.0 Å². The van der Waals surface area contributed by atoms with Crippen LogP contribution in [0.1, 0.15) is 36.3 Å². The van der Waals surface area contributed by atoms with Crippen LogP contribution < -0.4 is 10.2 Å². The molecule has 0 aliphatic rings. The number of hydrogen-bond acceptors (Lipinski definition) is 5. The van der Waals surface area contributed by atoms with Gasteiger partial charge in [0.15, 0.2) is 0 Å². The first-order valence-corrected chi connectivity index (χ1v) is 7.83. The Hall–Kier alpha value is -2.50. The second-order valence-electron chi connectivity index (χ2n) is 5.57. The minimum absolute atomic E-state index is 0.131. The summed E-state index contributed by atoms with van der Waals surface area (Å²) in [5.41, 5.74) is 1.57. The molecule has 0 saturated carbocycles. The molecule has 0 spiro atoms. The Morgan fingerprint density at radius 1 is 1.26 bits per heavy atom. The number of nitrogens with zero attached hydrogens (tertiary/aromatic N) is 4. The summed E-state index contributed by atoms with van der Waals surface area (Å²) in [6, 6.07) is 4.14. The molecule has 23 heavy (non-hydrogen) atoms. The maximum absolute atomic E-state index is 12.0. The van der Waals surface area contributed by atoms with Crippen molar-refractivity contribution in [1.29, 1.82) is 0 Å². The number of carbonyl (C=O) groups excluding carboxylic acids is 1. The summed E-state index contributed by atoms with van der Waals surface area (Å²) in [4.78, 5) is 26.6. The third-order valence-electron chi connectivity index (χ3n) is 3.74. The van der Waals surface area contributed by atoms with Gasteiger partial charge in [-0.1, -0.05) is 6.92 Å². The second-order valence-corrected chi connectivity index (χ2v) is 5.57. The molecular formula is C17H23N5O. The minimum atomic E-state index is -0.183. The number of amides is 1. The number of nitrogens with one attached hydrogen (secondary N) is 1. The van der Waals surface area contributed by atoms with E-state index in [9.17, 15) is 4.79 Å². The molecule has 1 atom stereocenters. The summed E-state index contributed by atoms with van der Waals surface area (Å²) in [6.07, 6.45) is 8.53. The van der Waals surface area contributed by atoms with E-state index in [0.717, 1.165) is 25.2 Å². The molecule has 6 heteroatoms. The Kier molecular flexibility index (Phi) is 6.02. The Balaban J connectivity index is 1.92. The molecule has 2 rings (SSSR count). The van der Waals surface area contributed by atoms with Gasteiger partial charge in [-0.25, -0.2) is 9.97 Å². The van der Waals surface area contributed by atoms with E-state index in [4.69, 9.17) is 0 Å². The minimum Gasteiger partial charge on any atom is -0.358 e. The van der Waals surface area contributed by atoms with Crippen molar-refractivity contribution in [2.75, 3.05) is 18.5 Å². The van der Waals surface area contributed by atoms with Crippen molar-refractivity contribution in [1.82, 2.24) is 20.3 Å². The molecule has 6 nitrogen and oxygen atoms in total. The molecule has 0 aromatic carbocycles. The van der Waals surface area contributed by atoms with E-state index >= 15 is 0 Å². The fraction of sp³-hybridized carbons (Fsp3) is 0.412. The average molecular weight is 313 g/mol. The summed E-state index contributed by atoms with van der Waals surface area (Å²) in [5, 5.41) is 2.88. The molecule has 0 aliphatic heterocycles. The molecule has 0 fully saturated rings. The first kappa shape index (κ1) is 16.9. The second kappa shape index (κ2) is 8.22. The lowest BCUT2D eigenvalue weighted by molar-refractivity contribution is 0.0934. The number of anilines is 1. The van der Waals surface area contributed by atoms with E-state index in [-0.39, 0.29) is 11.9 Å². The van der Waals surface area contributed by atoms with Gasteiger partial charge in [-0.05, 0) is 37.5 Å². The van der Waals surface area contributed by atoms with Crippen LogP contribution in [0.5, 0.6) is 0 Å². The predicted molar refractivity (Wildman–Crippen MR) is 90.5 cm³/mol. The zero-order valence-electron chi connectivity index (χ0n) is 13.9. The highest BCUT2D eigenvalue weighted by molar-refractivity contribution is 5.92. The van der Waals surface area contributed by atoms with Crippen molar-refractivity contribution in [3.8, 4) is 0 Å². The SMILES string of the molecule is CCC(C)NC(=O)c1cnc(N(C)CCc2ccncc2)cn1. The van der Waals surface area contributed by atoms with Crippen molar-refractivity contribution in [2.24, 2.45) is 0 Å². The van der Waals surface area contributed by atoms with E-state index < -0.39 is 0 Å². The van der Waals surface area contributed by atoms with Crippen molar-refractivity contribution in [3.63, 3.8) is 0 Å². The molecule has 0 radical (unpaired) electrons. The van der Waals surface area contributed by atoms with Crippen molar-refractivity contribution >= 4 is 11.7 Å². The smallest absolute Gasteiger partial charge is 0.271 e. The Bertz CT molecular complexity index is 615. The standard InChI is InChI=1S/C17H23N5O/c1-4-13(2)21-17(23)15-11-20-16(12-19-15)22(3)10-7-14-5-8-18-9-6-14/h5-6,8-9,11-13H,4,7,10H2,1-3H3,(H,21,23). The Labute approximate surface area is 137 Å². The Morgan fingerprint density at radius 3 is 2.61 bits per heavy atom. The molecule has 0 saturated heterocycles. The van der Waals surface area contributed by atoms with Gasteiger partial charge < -0.3 is 10.2 Å². The molecule has 2 aromatic heterocycles. The lowest BCUT2D eigenvalue weighted by Gasteiger charge is -2.18. The molecule has 0 aliphatic carbocycles. The molecular weight excluding hydrogens is 290 g/mol. The molecule has 1 unspecified atom stereocenters. The van der Waals surface area contributed by atoms with Gasteiger partial charge in [0.25, 0.3) is 5.91 Å². The van der Waals surface area contributed by atoms with Crippen LogP contribution in [0.3, 0.4) is 0 Å². The number of pyridine rings is 1. The van der Waals surface area contributed by atoms with Crippen LogP contribution >= 0.6 is 0 Å². The summed E-state index contributed by atoms with van der Waals surface area (Å²) in [7, 11) is 1.96. The summed E-state index contributed by atoms with van der Waals surface area (Å²) in [5.74, 6) is 0.567. The van der Waals surface area contributed by atoms with Gasteiger partial charge in [0.2, 0.25) is 0 Å². The molecule has 2 aromatic rings. The third-order valence-corrected chi connectivity index (χ3v) is 3.74. The van der Waals surface area contributed by atoms with E-state index in [0.29, 0.717) is 5.69 Å². The summed E-state index contributed by atoms with van der Waals surface area (Å²) in [6.45, 7) is 4.81. The number of aromatic nitrogens is 3. The molecule has 1 amide bonds. The highest BCUT2D eigenvalue weighted by Gasteiger charge is 2.11. The number of rotatable bonds is 7. The topological polar surface area (TPSA) is 71.0 Å². The van der Waals surface area contributed by atoms with Crippen LogP contribution in [0, 0.1) is 0 Å². The fourth-order valence-corrected chi connectivity index (χ4v) is 2.00. The number of carbonyl (C=O) groups is 1. The van der Waals surface area contributed by atoms with E-state index in [1.807, 2.05) is 37.9 Å². The average Bonchev–Trinajstić information content (AvgIpc) is 2.60. The zero-order chi connectivity index (χ0) is 16.7. The van der Waals surface area contributed by atoms with E-state index in [1.54, 1.807) is 18.6 Å². The maximum atomic E-state index is 12.0. The quantitative estimate of drug-likeness (QED) is 0.847. The van der Waals surface area contributed by atoms with Gasteiger partial charge in [-0.15, -0.1) is 0 Å². The van der Waals surface area contributed by atoms with Crippen LogP contribution in [0.25, 0.3) is 0 Å². The lowest BCUT2D eigenvalue weighted by atomic mass is 10.2. The van der Waals surface area contributed by atoms with E-state index in [1.165, 1.54) is 11.8 Å². The van der Waals surface area contributed by atoms with Gasteiger partial charge in [0.1, 0.15) is 11.5 Å². The normalized spacial score (nSPS) is 11.8. The zero-order valence-corrected chi connectivity index (χ0v) is 13.9. The van der Waals surface area contributed by atoms with Gasteiger partial charge in [0.05, 0.1) is 12.4 Å². The molecule has 0 bridgehead atoms. The van der Waals surface area contributed by atoms with Crippen LogP contribution in [0.15, 0.2) is 36.9 Å². The first-order valence-electron chi connectivity index (χ1n) is 7.83. The maximum Gasteiger partial charge on any atom is 0.271 e. The number of likely N-dealkylation sites (N-methyl/N-ethyl adjacent to an activating group) is 1. The first-order chi connectivity index (χ1) is 11.1. The highest BCUT2D eigenvalue weighted by Crippen LogP contribution is 2.08. The third kappa shape index (κ3) is 5.02. The lowest BCUT2D eigenvalue weighted by Crippen LogP contribution is -2.32. The number of hydrogen-bond donors (Lipinski definition) is 1. The van der Waals surface area contributed by atoms with Gasteiger partial charge >= 0.3 is 0 Å². The van der Waals surface area contributed by atoms with Crippen molar-refractivity contribution < 1.29 is 4.79 Å². The predicted octanol–water partition coefficient (Wildman–Crippen LogP) is 2.08. The van der Waals surface area contributed by atoms with Crippen LogP contribution in [0.4, 0.5) is 5.82 Å². The van der Waals surface area contributed by atoms with E-state index in [2.05, 4.69) is 20.3 Å². The van der Waals surface area contributed by atoms with Crippen LogP contribution in [-0.2, 0) is 6.42 Å². The summed E-state index contributed by atoms with van der Waals surface area (Å²) < 4.78 is 0. The Morgan fingerprint density at radius 2 is 2.00 bits per heavy atom. The molecule has 122 valence electrons. The van der Waals surface area contributed by atoms with Crippen LogP contribution in [0.2, 0.25) is 0 Å².